The largest absolute Gasteiger partial charge is 0.494 e. The fraction of sp³-hybridized carbons (Fsp3) is 0.222. The van der Waals surface area contributed by atoms with E-state index in [0.29, 0.717) is 17.5 Å². The first kappa shape index (κ1) is 17.7. The highest BCUT2D eigenvalue weighted by molar-refractivity contribution is 8.00. The van der Waals surface area contributed by atoms with Gasteiger partial charge in [-0.3, -0.25) is 19.8 Å². The Morgan fingerprint density at radius 2 is 2.07 bits per heavy atom. The molecule has 0 radical (unpaired) electrons. The highest BCUT2D eigenvalue weighted by Gasteiger charge is 2.36. The molecule has 9 heteroatoms. The smallest absolute Gasteiger partial charge is 0.269 e. The summed E-state index contributed by atoms with van der Waals surface area (Å²) in [5, 5.41) is 11.2. The molecule has 4 rings (SSSR count). The van der Waals surface area contributed by atoms with Gasteiger partial charge in [-0.15, -0.1) is 11.8 Å². The van der Waals surface area contributed by atoms with E-state index in [2.05, 4.69) is 4.98 Å². The third-order valence-corrected chi connectivity index (χ3v) is 6.35. The van der Waals surface area contributed by atoms with Crippen LogP contribution in [-0.2, 0) is 4.79 Å². The third kappa shape index (κ3) is 3.35. The maximum atomic E-state index is 12.5. The number of nitro groups is 1. The average Bonchev–Trinajstić information content (AvgIpc) is 3.24. The van der Waals surface area contributed by atoms with Crippen LogP contribution in [0.25, 0.3) is 10.2 Å². The number of aromatic nitrogens is 1. The van der Waals surface area contributed by atoms with Crippen LogP contribution >= 0.6 is 23.1 Å². The van der Waals surface area contributed by atoms with E-state index in [1.807, 2.05) is 25.1 Å². The monoisotopic (exact) mass is 401 g/mol. The van der Waals surface area contributed by atoms with Crippen molar-refractivity contribution in [2.45, 2.75) is 12.3 Å². The van der Waals surface area contributed by atoms with E-state index < -0.39 is 4.92 Å². The van der Waals surface area contributed by atoms with Crippen LogP contribution < -0.4 is 9.64 Å². The van der Waals surface area contributed by atoms with E-state index in [4.69, 9.17) is 4.74 Å². The molecule has 1 fully saturated rings. The number of amides is 1. The molecule has 138 valence electrons. The predicted octanol–water partition coefficient (Wildman–Crippen LogP) is 4.38. The molecule has 0 bridgehead atoms. The molecule has 1 atom stereocenters. The number of thioether (sulfide) groups is 1. The minimum Gasteiger partial charge on any atom is -0.494 e. The normalized spacial score (nSPS) is 16.9. The number of hydrogen-bond acceptors (Lipinski definition) is 7. The molecule has 0 N–H and O–H groups in total. The molecule has 1 amide bonds. The molecule has 0 aliphatic carbocycles. The molecule has 0 spiro atoms. The second kappa shape index (κ2) is 7.16. The SMILES string of the molecule is CCOc1ccc2nc(N3C(=O)CSC3c3ccc([N+](=O)[O-])cc3)sc2c1. The van der Waals surface area contributed by atoms with Gasteiger partial charge in [0.1, 0.15) is 11.1 Å². The summed E-state index contributed by atoms with van der Waals surface area (Å²) in [6.45, 7) is 2.51. The topological polar surface area (TPSA) is 85.6 Å². The number of hydrogen-bond donors (Lipinski definition) is 0. The number of rotatable bonds is 5. The van der Waals surface area contributed by atoms with E-state index in [1.54, 1.807) is 17.0 Å². The molecule has 1 aliphatic heterocycles. The zero-order valence-electron chi connectivity index (χ0n) is 14.3. The number of ether oxygens (including phenoxy) is 1. The first-order valence-electron chi connectivity index (χ1n) is 8.28. The summed E-state index contributed by atoms with van der Waals surface area (Å²) in [7, 11) is 0. The van der Waals surface area contributed by atoms with Crippen molar-refractivity contribution >= 4 is 50.0 Å². The zero-order chi connectivity index (χ0) is 19.0. The van der Waals surface area contributed by atoms with Gasteiger partial charge in [0.15, 0.2) is 5.13 Å². The van der Waals surface area contributed by atoms with Crippen molar-refractivity contribution in [2.24, 2.45) is 0 Å². The van der Waals surface area contributed by atoms with Crippen molar-refractivity contribution in [1.82, 2.24) is 4.98 Å². The molecule has 0 saturated carbocycles. The maximum absolute atomic E-state index is 12.5. The number of anilines is 1. The summed E-state index contributed by atoms with van der Waals surface area (Å²) in [4.78, 5) is 29.2. The molecule has 27 heavy (non-hydrogen) atoms. The Balaban J connectivity index is 1.68. The van der Waals surface area contributed by atoms with E-state index in [9.17, 15) is 14.9 Å². The molecule has 2 heterocycles. The lowest BCUT2D eigenvalue weighted by Crippen LogP contribution is -2.27. The summed E-state index contributed by atoms with van der Waals surface area (Å²) in [6.07, 6.45) is 0. The Hall–Kier alpha value is -2.65. The maximum Gasteiger partial charge on any atom is 0.269 e. The lowest BCUT2D eigenvalue weighted by Gasteiger charge is -2.21. The second-order valence-corrected chi connectivity index (χ2v) is 7.91. The number of fused-ring (bicyclic) bond motifs is 1. The standard InChI is InChI=1S/C18H15N3O4S2/c1-2-25-13-7-8-14-15(9-13)27-18(19-14)20-16(22)10-26-17(20)11-3-5-12(6-4-11)21(23)24/h3-9,17H,2,10H2,1H3. The van der Waals surface area contributed by atoms with E-state index in [0.717, 1.165) is 21.5 Å². The number of carbonyl (C=O) groups excluding carboxylic acids is 1. The first-order chi connectivity index (χ1) is 13.1. The Kier molecular flexibility index (Phi) is 4.71. The van der Waals surface area contributed by atoms with E-state index >= 15 is 0 Å². The van der Waals surface area contributed by atoms with Crippen LogP contribution in [0.3, 0.4) is 0 Å². The second-order valence-electron chi connectivity index (χ2n) is 5.83. The zero-order valence-corrected chi connectivity index (χ0v) is 16.0. The molecule has 1 unspecified atom stereocenters. The summed E-state index contributed by atoms with van der Waals surface area (Å²) in [6, 6.07) is 12.0. The number of nitro benzene ring substituents is 1. The number of non-ortho nitro benzene ring substituents is 1. The Labute approximate surface area is 163 Å². The fourth-order valence-corrected chi connectivity index (χ4v) is 5.15. The van der Waals surface area contributed by atoms with Gasteiger partial charge in [0, 0.05) is 12.1 Å². The van der Waals surface area contributed by atoms with E-state index in [1.165, 1.54) is 35.2 Å². The van der Waals surface area contributed by atoms with Gasteiger partial charge in [-0.2, -0.15) is 0 Å². The number of nitrogens with zero attached hydrogens (tertiary/aromatic N) is 3. The van der Waals surface area contributed by atoms with Gasteiger partial charge < -0.3 is 4.74 Å². The highest BCUT2D eigenvalue weighted by Crippen LogP contribution is 2.44. The highest BCUT2D eigenvalue weighted by atomic mass is 32.2. The number of benzene rings is 2. The quantitative estimate of drug-likeness (QED) is 0.466. The molecular weight excluding hydrogens is 386 g/mol. The van der Waals surface area contributed by atoms with Crippen molar-refractivity contribution < 1.29 is 14.5 Å². The van der Waals surface area contributed by atoms with Crippen LogP contribution in [0.15, 0.2) is 42.5 Å². The molecule has 1 aliphatic rings. The summed E-state index contributed by atoms with van der Waals surface area (Å²) in [5.74, 6) is 1.10. The Bertz CT molecular complexity index is 1020. The van der Waals surface area contributed by atoms with Gasteiger partial charge in [-0.05, 0) is 42.8 Å². The van der Waals surface area contributed by atoms with Crippen LogP contribution in [0.2, 0.25) is 0 Å². The van der Waals surface area contributed by atoms with Gasteiger partial charge >= 0.3 is 0 Å². The lowest BCUT2D eigenvalue weighted by molar-refractivity contribution is -0.384. The lowest BCUT2D eigenvalue weighted by atomic mass is 10.2. The average molecular weight is 401 g/mol. The summed E-state index contributed by atoms with van der Waals surface area (Å²) in [5.41, 5.74) is 1.68. The third-order valence-electron chi connectivity index (χ3n) is 4.12. The van der Waals surface area contributed by atoms with Gasteiger partial charge in [0.05, 0.1) is 27.5 Å². The molecule has 1 saturated heterocycles. The Morgan fingerprint density at radius 3 is 2.78 bits per heavy atom. The molecule has 3 aromatic rings. The Morgan fingerprint density at radius 1 is 1.30 bits per heavy atom. The van der Waals surface area contributed by atoms with Crippen molar-refractivity contribution in [3.63, 3.8) is 0 Å². The van der Waals surface area contributed by atoms with Crippen LogP contribution in [0.5, 0.6) is 5.75 Å². The minimum absolute atomic E-state index is 0.0209. The van der Waals surface area contributed by atoms with Crippen LogP contribution in [-0.4, -0.2) is 28.2 Å². The van der Waals surface area contributed by atoms with Gasteiger partial charge in [0.2, 0.25) is 5.91 Å². The molecule has 7 nitrogen and oxygen atoms in total. The van der Waals surface area contributed by atoms with Crippen LogP contribution in [0.1, 0.15) is 17.9 Å². The van der Waals surface area contributed by atoms with Crippen molar-refractivity contribution in [3.8, 4) is 5.75 Å². The van der Waals surface area contributed by atoms with Crippen molar-refractivity contribution in [2.75, 3.05) is 17.3 Å². The summed E-state index contributed by atoms with van der Waals surface area (Å²) >= 11 is 2.93. The number of thiazole rings is 1. The van der Waals surface area contributed by atoms with Crippen molar-refractivity contribution in [1.29, 1.82) is 0 Å². The molecule has 1 aromatic heterocycles. The van der Waals surface area contributed by atoms with Crippen LogP contribution in [0.4, 0.5) is 10.8 Å². The van der Waals surface area contributed by atoms with E-state index in [-0.39, 0.29) is 17.0 Å². The predicted molar refractivity (Wildman–Crippen MR) is 107 cm³/mol. The van der Waals surface area contributed by atoms with Gasteiger partial charge in [0.25, 0.3) is 5.69 Å². The molecular formula is C18H15N3O4S2. The van der Waals surface area contributed by atoms with Gasteiger partial charge in [-0.1, -0.05) is 11.3 Å². The summed E-state index contributed by atoms with van der Waals surface area (Å²) < 4.78 is 6.48. The van der Waals surface area contributed by atoms with Gasteiger partial charge in [-0.25, -0.2) is 4.98 Å². The number of carbonyl (C=O) groups is 1. The minimum atomic E-state index is -0.433. The molecule has 2 aromatic carbocycles. The van der Waals surface area contributed by atoms with Crippen LogP contribution in [0, 0.1) is 10.1 Å². The fourth-order valence-electron chi connectivity index (χ4n) is 2.89. The van der Waals surface area contributed by atoms with Crippen molar-refractivity contribution in [3.05, 3.63) is 58.1 Å². The first-order valence-corrected chi connectivity index (χ1v) is 10.1.